The Kier molecular flexibility index (Phi) is 7.59. The molecule has 0 unspecified atom stereocenters. The molecule has 7 rings (SSSR count). The molecule has 4 aliphatic rings. The van der Waals surface area contributed by atoms with Gasteiger partial charge in [-0.2, -0.15) is 0 Å². The fourth-order valence-electron chi connectivity index (χ4n) is 8.33. The summed E-state index contributed by atoms with van der Waals surface area (Å²) in [6, 6.07) is -0.0528. The average Bonchev–Trinajstić information content (AvgIpc) is 3.49. The van der Waals surface area contributed by atoms with E-state index in [1.165, 1.54) is 32.0 Å². The lowest BCUT2D eigenvalue weighted by molar-refractivity contribution is -0.124. The van der Waals surface area contributed by atoms with Gasteiger partial charge in [0.15, 0.2) is 22.6 Å². The van der Waals surface area contributed by atoms with Gasteiger partial charge < -0.3 is 29.7 Å². The first-order valence-corrected chi connectivity index (χ1v) is 16.6. The van der Waals surface area contributed by atoms with Gasteiger partial charge in [-0.25, -0.2) is 19.9 Å². The Balaban J connectivity index is 1.22. The van der Waals surface area contributed by atoms with Crippen LogP contribution in [0.4, 0.5) is 11.5 Å². The zero-order chi connectivity index (χ0) is 32.3. The van der Waals surface area contributed by atoms with E-state index in [9.17, 15) is 19.5 Å². The van der Waals surface area contributed by atoms with Crippen LogP contribution in [0.25, 0.3) is 11.2 Å². The molecule has 1 spiro atoms. The maximum atomic E-state index is 14.4. The Morgan fingerprint density at radius 1 is 1.09 bits per heavy atom. The Morgan fingerprint density at radius 2 is 1.83 bits per heavy atom. The smallest absolute Gasteiger partial charge is 0.276 e. The Hall–Kier alpha value is -4.29. The van der Waals surface area contributed by atoms with Crippen molar-refractivity contribution in [1.29, 1.82) is 0 Å². The monoisotopic (exact) mass is 629 g/mol. The zero-order valence-corrected chi connectivity index (χ0v) is 27.1. The van der Waals surface area contributed by atoms with Crippen LogP contribution in [-0.2, 0) is 17.8 Å². The fourth-order valence-corrected chi connectivity index (χ4v) is 8.33. The summed E-state index contributed by atoms with van der Waals surface area (Å²) in [7, 11) is 3.70. The van der Waals surface area contributed by atoms with Crippen molar-refractivity contribution in [3.63, 3.8) is 0 Å². The summed E-state index contributed by atoms with van der Waals surface area (Å²) in [6.07, 6.45) is 12.2. The predicted octanol–water partition coefficient (Wildman–Crippen LogP) is 2.56. The Labute approximate surface area is 268 Å². The number of aryl methyl sites for hydroxylation is 1. The lowest BCUT2D eigenvalue weighted by Crippen LogP contribution is -2.67. The molecule has 1 saturated heterocycles. The number of hydrogen-bond donors (Lipinski definition) is 2. The summed E-state index contributed by atoms with van der Waals surface area (Å²) in [6.45, 7) is 4.46. The van der Waals surface area contributed by atoms with Crippen LogP contribution < -0.4 is 20.5 Å². The third-order valence-electron chi connectivity index (χ3n) is 10.8. The van der Waals surface area contributed by atoms with Gasteiger partial charge in [0.25, 0.3) is 5.91 Å². The number of nitrogens with one attached hydrogen (secondary N) is 1. The molecule has 46 heavy (non-hydrogen) atoms. The van der Waals surface area contributed by atoms with E-state index in [1.807, 2.05) is 30.5 Å². The SMILES string of the molecule is CCc1c(N2CCN(C(=O)c3ncnc(C)c3O)[C@H]3CC[C@@H]32)c(=O)c2nc(N(C)C)cnc2n1CC(=O)NC1CC2(CCCC2)C1. The number of carbonyl (C=O) groups is 2. The van der Waals surface area contributed by atoms with E-state index in [1.54, 1.807) is 18.0 Å². The van der Waals surface area contributed by atoms with Crippen LogP contribution in [0.5, 0.6) is 5.75 Å². The highest BCUT2D eigenvalue weighted by Crippen LogP contribution is 2.53. The molecule has 0 aromatic carbocycles. The topological polar surface area (TPSA) is 150 Å². The molecule has 1 aliphatic heterocycles. The molecular weight excluding hydrogens is 586 g/mol. The van der Waals surface area contributed by atoms with Crippen LogP contribution in [-0.4, -0.2) is 91.6 Å². The summed E-state index contributed by atoms with van der Waals surface area (Å²) in [4.78, 5) is 64.7. The van der Waals surface area contributed by atoms with Crippen LogP contribution in [0.15, 0.2) is 17.3 Å². The maximum Gasteiger partial charge on any atom is 0.276 e. The zero-order valence-electron chi connectivity index (χ0n) is 27.1. The molecule has 4 heterocycles. The molecule has 2 N–H and O–H groups in total. The van der Waals surface area contributed by atoms with Gasteiger partial charge in [-0.05, 0) is 57.3 Å². The summed E-state index contributed by atoms with van der Waals surface area (Å²) in [5.41, 5.74) is 2.47. The molecular formula is C33H43N9O4. The first kappa shape index (κ1) is 30.4. The second kappa shape index (κ2) is 11.5. The summed E-state index contributed by atoms with van der Waals surface area (Å²) < 4.78 is 1.88. The summed E-state index contributed by atoms with van der Waals surface area (Å²) in [5, 5.41) is 13.8. The first-order valence-electron chi connectivity index (χ1n) is 16.6. The van der Waals surface area contributed by atoms with E-state index >= 15 is 0 Å². The largest absolute Gasteiger partial charge is 0.504 e. The first-order chi connectivity index (χ1) is 22.1. The van der Waals surface area contributed by atoms with Crippen LogP contribution in [0.2, 0.25) is 0 Å². The summed E-state index contributed by atoms with van der Waals surface area (Å²) in [5.74, 6) is -0.0642. The molecule has 3 aliphatic carbocycles. The molecule has 0 radical (unpaired) electrons. The van der Waals surface area contributed by atoms with Crippen molar-refractivity contribution >= 4 is 34.5 Å². The number of anilines is 2. The van der Waals surface area contributed by atoms with Crippen LogP contribution >= 0.6 is 0 Å². The van der Waals surface area contributed by atoms with Crippen molar-refractivity contribution < 1.29 is 14.7 Å². The van der Waals surface area contributed by atoms with Gasteiger partial charge in [0.1, 0.15) is 24.4 Å². The summed E-state index contributed by atoms with van der Waals surface area (Å²) >= 11 is 0. The molecule has 3 aromatic rings. The third kappa shape index (κ3) is 4.94. The van der Waals surface area contributed by atoms with Crippen molar-refractivity contribution in [2.75, 3.05) is 37.0 Å². The molecule has 13 nitrogen and oxygen atoms in total. The van der Waals surface area contributed by atoms with Gasteiger partial charge in [-0.15, -0.1) is 0 Å². The lowest BCUT2D eigenvalue weighted by atomic mass is 9.64. The molecule has 4 fully saturated rings. The highest BCUT2D eigenvalue weighted by atomic mass is 16.3. The standard InChI is InChI=1S/C33H43N9O4/c1-5-21-28(40-12-13-41(23-9-8-22(23)40)32(46)27-29(44)19(2)35-18-36-27)30(45)26-31(34-16-24(38-26)39(3)4)42(21)17-25(43)37-20-14-33(15-20)10-6-7-11-33/h16,18,20,22-23,44H,5-15,17H2,1-4H3,(H,37,43)/t22-,23-/m0/s1. The molecule has 3 saturated carbocycles. The van der Waals surface area contributed by atoms with E-state index in [2.05, 4.69) is 25.2 Å². The number of amides is 2. The number of piperazine rings is 1. The van der Waals surface area contributed by atoms with Crippen molar-refractivity contribution in [3.05, 3.63) is 39.8 Å². The highest BCUT2D eigenvalue weighted by molar-refractivity contribution is 5.95. The van der Waals surface area contributed by atoms with Gasteiger partial charge in [0.2, 0.25) is 11.3 Å². The third-order valence-corrected chi connectivity index (χ3v) is 10.8. The quantitative estimate of drug-likeness (QED) is 0.399. The van der Waals surface area contributed by atoms with Crippen molar-refractivity contribution in [2.24, 2.45) is 5.41 Å². The molecule has 0 bridgehead atoms. The molecule has 3 aromatic heterocycles. The number of carbonyl (C=O) groups excluding carboxylic acids is 2. The Bertz CT molecular complexity index is 1760. The number of nitrogens with zero attached hydrogens (tertiary/aromatic N) is 8. The number of hydrogen-bond acceptors (Lipinski definition) is 10. The highest BCUT2D eigenvalue weighted by Gasteiger charge is 2.48. The second-order valence-corrected chi connectivity index (χ2v) is 13.8. The number of rotatable bonds is 7. The van der Waals surface area contributed by atoms with E-state index in [4.69, 9.17) is 4.98 Å². The molecule has 2 amide bonds. The normalized spacial score (nSPS) is 22.0. The van der Waals surface area contributed by atoms with Crippen LogP contribution in [0.1, 0.15) is 80.2 Å². The number of pyridine rings is 1. The minimum atomic E-state index is -0.336. The van der Waals surface area contributed by atoms with E-state index < -0.39 is 0 Å². The molecule has 244 valence electrons. The lowest BCUT2D eigenvalue weighted by Gasteiger charge is -2.54. The van der Waals surface area contributed by atoms with E-state index in [0.29, 0.717) is 47.8 Å². The van der Waals surface area contributed by atoms with Crippen LogP contribution in [0, 0.1) is 12.3 Å². The minimum Gasteiger partial charge on any atom is -0.504 e. The van der Waals surface area contributed by atoms with Gasteiger partial charge in [0, 0.05) is 45.0 Å². The minimum absolute atomic E-state index is 0.00303. The number of aromatic hydroxyl groups is 1. The average molecular weight is 630 g/mol. The number of fused-ring (bicyclic) bond motifs is 2. The van der Waals surface area contributed by atoms with Crippen molar-refractivity contribution in [2.45, 2.75) is 96.3 Å². The van der Waals surface area contributed by atoms with Crippen molar-refractivity contribution in [3.8, 4) is 5.75 Å². The Morgan fingerprint density at radius 3 is 2.50 bits per heavy atom. The van der Waals surface area contributed by atoms with Crippen molar-refractivity contribution in [1.82, 2.24) is 34.7 Å². The maximum absolute atomic E-state index is 14.4. The fraction of sp³-hybridized carbons (Fsp3) is 0.606. The van der Waals surface area contributed by atoms with Gasteiger partial charge in [0.05, 0.1) is 17.9 Å². The number of aromatic nitrogens is 5. The molecule has 13 heteroatoms. The van der Waals surface area contributed by atoms with Gasteiger partial charge >= 0.3 is 0 Å². The van der Waals surface area contributed by atoms with E-state index in [0.717, 1.165) is 31.4 Å². The second-order valence-electron chi connectivity index (χ2n) is 13.8. The van der Waals surface area contributed by atoms with Gasteiger partial charge in [-0.1, -0.05) is 19.8 Å². The van der Waals surface area contributed by atoms with E-state index in [-0.39, 0.29) is 58.9 Å². The van der Waals surface area contributed by atoms with Gasteiger partial charge in [-0.3, -0.25) is 14.4 Å². The van der Waals surface area contributed by atoms with Crippen LogP contribution in [0.3, 0.4) is 0 Å². The predicted molar refractivity (Wildman–Crippen MR) is 173 cm³/mol. The molecule has 2 atom stereocenters.